The first kappa shape index (κ1) is 11.0. The van der Waals surface area contributed by atoms with Crippen LogP contribution in [0, 0.1) is 18.3 Å². The highest BCUT2D eigenvalue weighted by atomic mass is 16.1. The quantitative estimate of drug-likeness (QED) is 0.722. The van der Waals surface area contributed by atoms with E-state index >= 15 is 0 Å². The van der Waals surface area contributed by atoms with Crippen LogP contribution < -0.4 is 10.7 Å². The van der Waals surface area contributed by atoms with Crippen molar-refractivity contribution >= 4 is 5.91 Å². The zero-order valence-electron chi connectivity index (χ0n) is 8.55. The van der Waals surface area contributed by atoms with Gasteiger partial charge >= 0.3 is 0 Å². The topological polar surface area (TPSA) is 85.8 Å². The molecule has 0 spiro atoms. The van der Waals surface area contributed by atoms with E-state index in [1.165, 1.54) is 13.0 Å². The summed E-state index contributed by atoms with van der Waals surface area (Å²) in [5.41, 5.74) is 0.881. The molecule has 0 aromatic carbocycles. The zero-order valence-corrected chi connectivity index (χ0v) is 8.55. The summed E-state index contributed by atoms with van der Waals surface area (Å²) in [5.74, 6) is -0.237. The Bertz CT molecular complexity index is 482. The molecule has 0 aliphatic rings. The van der Waals surface area contributed by atoms with Crippen molar-refractivity contribution in [2.45, 2.75) is 20.4 Å². The second-order valence-electron chi connectivity index (χ2n) is 3.19. The molecule has 2 N–H and O–H groups in total. The van der Waals surface area contributed by atoms with Gasteiger partial charge in [-0.2, -0.15) is 5.26 Å². The lowest BCUT2D eigenvalue weighted by Gasteiger charge is -2.04. The van der Waals surface area contributed by atoms with Gasteiger partial charge in [-0.3, -0.25) is 9.59 Å². The fourth-order valence-electron chi connectivity index (χ4n) is 1.20. The van der Waals surface area contributed by atoms with E-state index in [4.69, 9.17) is 5.26 Å². The van der Waals surface area contributed by atoms with Crippen molar-refractivity contribution in [2.24, 2.45) is 0 Å². The van der Waals surface area contributed by atoms with Crippen LogP contribution in [-0.4, -0.2) is 10.9 Å². The number of rotatable bonds is 2. The van der Waals surface area contributed by atoms with E-state index in [1.807, 2.05) is 6.07 Å². The van der Waals surface area contributed by atoms with Crippen LogP contribution in [0.4, 0.5) is 0 Å². The normalized spacial score (nSPS) is 9.40. The average Bonchev–Trinajstić information content (AvgIpc) is 2.14. The Labute approximate surface area is 86.7 Å². The van der Waals surface area contributed by atoms with Crippen LogP contribution in [0.15, 0.2) is 10.9 Å². The Morgan fingerprint density at radius 3 is 2.87 bits per heavy atom. The smallest absolute Gasteiger partial charge is 0.217 e. The summed E-state index contributed by atoms with van der Waals surface area (Å²) < 4.78 is 0. The van der Waals surface area contributed by atoms with E-state index in [0.29, 0.717) is 11.3 Å². The number of hydrogen-bond donors (Lipinski definition) is 2. The lowest BCUT2D eigenvalue weighted by atomic mass is 10.1. The van der Waals surface area contributed by atoms with Gasteiger partial charge in [0.25, 0.3) is 0 Å². The van der Waals surface area contributed by atoms with Crippen LogP contribution >= 0.6 is 0 Å². The maximum absolute atomic E-state index is 11.5. The molecule has 1 amide bonds. The molecule has 0 aliphatic heterocycles. The monoisotopic (exact) mass is 205 g/mol. The van der Waals surface area contributed by atoms with E-state index in [9.17, 15) is 9.59 Å². The second kappa shape index (κ2) is 4.42. The van der Waals surface area contributed by atoms with E-state index in [0.717, 1.165) is 0 Å². The van der Waals surface area contributed by atoms with Gasteiger partial charge in [0, 0.05) is 25.2 Å². The Morgan fingerprint density at radius 2 is 2.33 bits per heavy atom. The van der Waals surface area contributed by atoms with Gasteiger partial charge in [0.15, 0.2) is 5.43 Å². The Morgan fingerprint density at radius 1 is 1.67 bits per heavy atom. The number of pyridine rings is 1. The minimum Gasteiger partial charge on any atom is -0.352 e. The molecule has 5 nitrogen and oxygen atoms in total. The minimum atomic E-state index is -0.239. The third kappa shape index (κ3) is 2.68. The number of hydrogen-bond acceptors (Lipinski definition) is 3. The molecular weight excluding hydrogens is 194 g/mol. The number of nitriles is 1. The van der Waals surface area contributed by atoms with Crippen molar-refractivity contribution in [1.29, 1.82) is 5.26 Å². The van der Waals surface area contributed by atoms with Crippen LogP contribution in [0.3, 0.4) is 0 Å². The van der Waals surface area contributed by atoms with Crippen LogP contribution in [-0.2, 0) is 11.3 Å². The molecule has 1 aromatic rings. The van der Waals surface area contributed by atoms with Crippen molar-refractivity contribution in [3.8, 4) is 6.07 Å². The number of carbonyl (C=O) groups excluding carboxylic acids is 1. The number of H-pyrrole nitrogens is 1. The molecule has 78 valence electrons. The molecule has 0 fully saturated rings. The molecule has 0 radical (unpaired) electrons. The highest BCUT2D eigenvalue weighted by molar-refractivity contribution is 5.72. The lowest BCUT2D eigenvalue weighted by molar-refractivity contribution is -0.119. The molecule has 1 aromatic heterocycles. The van der Waals surface area contributed by atoms with Gasteiger partial charge < -0.3 is 10.3 Å². The number of aryl methyl sites for hydroxylation is 1. The van der Waals surface area contributed by atoms with Crippen LogP contribution in [0.2, 0.25) is 0 Å². The summed E-state index contributed by atoms with van der Waals surface area (Å²) in [7, 11) is 0. The Balaban J connectivity index is 3.11. The fraction of sp³-hybridized carbons (Fsp3) is 0.300. The number of amides is 1. The van der Waals surface area contributed by atoms with E-state index in [1.54, 1.807) is 6.92 Å². The molecule has 0 saturated carbocycles. The molecule has 0 bridgehead atoms. The summed E-state index contributed by atoms with van der Waals surface area (Å²) in [6.45, 7) is 3.13. The molecular formula is C10H11N3O2. The Kier molecular flexibility index (Phi) is 3.24. The zero-order chi connectivity index (χ0) is 11.4. The van der Waals surface area contributed by atoms with Gasteiger partial charge in [0.2, 0.25) is 5.91 Å². The van der Waals surface area contributed by atoms with E-state index < -0.39 is 0 Å². The summed E-state index contributed by atoms with van der Waals surface area (Å²) in [6, 6.07) is 3.29. The predicted molar refractivity (Wildman–Crippen MR) is 54.0 cm³/mol. The molecule has 0 saturated heterocycles. The maximum atomic E-state index is 11.5. The van der Waals surface area contributed by atoms with Crippen molar-refractivity contribution < 1.29 is 4.79 Å². The number of carbonyl (C=O) groups is 1. The molecule has 5 heteroatoms. The van der Waals surface area contributed by atoms with Gasteiger partial charge in [-0.25, -0.2) is 0 Å². The van der Waals surface area contributed by atoms with Crippen molar-refractivity contribution in [3.05, 3.63) is 33.2 Å². The van der Waals surface area contributed by atoms with E-state index in [-0.39, 0.29) is 23.6 Å². The second-order valence-corrected chi connectivity index (χ2v) is 3.19. The molecule has 15 heavy (non-hydrogen) atoms. The van der Waals surface area contributed by atoms with Gasteiger partial charge in [0.05, 0.1) is 5.56 Å². The van der Waals surface area contributed by atoms with E-state index in [2.05, 4.69) is 10.3 Å². The minimum absolute atomic E-state index is 0.0772. The first-order valence-corrected chi connectivity index (χ1v) is 4.42. The third-order valence-electron chi connectivity index (χ3n) is 1.89. The first-order chi connectivity index (χ1) is 7.04. The van der Waals surface area contributed by atoms with Gasteiger partial charge in [-0.1, -0.05) is 0 Å². The largest absolute Gasteiger partial charge is 0.352 e. The number of nitrogens with one attached hydrogen (secondary N) is 2. The number of aromatic nitrogens is 1. The van der Waals surface area contributed by atoms with Gasteiger partial charge in [0.1, 0.15) is 11.8 Å². The Hall–Kier alpha value is -2.09. The van der Waals surface area contributed by atoms with Crippen molar-refractivity contribution in [3.63, 3.8) is 0 Å². The van der Waals surface area contributed by atoms with Crippen molar-refractivity contribution in [1.82, 2.24) is 10.3 Å². The van der Waals surface area contributed by atoms with Crippen LogP contribution in [0.1, 0.15) is 23.9 Å². The third-order valence-corrected chi connectivity index (χ3v) is 1.89. The molecule has 0 unspecified atom stereocenters. The number of aromatic amines is 1. The summed E-state index contributed by atoms with van der Waals surface area (Å²) in [6.07, 6.45) is 0. The summed E-state index contributed by atoms with van der Waals surface area (Å²) >= 11 is 0. The SMILES string of the molecule is CC(=O)NCc1c(C#N)[nH]c(C)cc1=O. The summed E-state index contributed by atoms with van der Waals surface area (Å²) in [4.78, 5) is 25.0. The highest BCUT2D eigenvalue weighted by Crippen LogP contribution is 2.00. The lowest BCUT2D eigenvalue weighted by Crippen LogP contribution is -2.25. The average molecular weight is 205 g/mol. The van der Waals surface area contributed by atoms with Crippen LogP contribution in [0.25, 0.3) is 0 Å². The standard InChI is InChI=1S/C10H11N3O2/c1-6-3-10(15)8(5-12-7(2)14)9(4-11)13-6/h3H,5H2,1-2H3,(H,12,14)(H,13,15). The number of nitrogens with zero attached hydrogens (tertiary/aromatic N) is 1. The molecule has 1 rings (SSSR count). The highest BCUT2D eigenvalue weighted by Gasteiger charge is 2.08. The van der Waals surface area contributed by atoms with Crippen LogP contribution in [0.5, 0.6) is 0 Å². The van der Waals surface area contributed by atoms with Gasteiger partial charge in [-0.15, -0.1) is 0 Å². The summed E-state index contributed by atoms with van der Waals surface area (Å²) in [5, 5.41) is 11.3. The predicted octanol–water partition coefficient (Wildman–Crippen LogP) is 0.191. The fourth-order valence-corrected chi connectivity index (χ4v) is 1.20. The molecule has 1 heterocycles. The molecule has 0 aliphatic carbocycles. The first-order valence-electron chi connectivity index (χ1n) is 4.42. The molecule has 0 atom stereocenters. The maximum Gasteiger partial charge on any atom is 0.217 e. The van der Waals surface area contributed by atoms with Gasteiger partial charge in [-0.05, 0) is 6.92 Å². The van der Waals surface area contributed by atoms with Crippen molar-refractivity contribution in [2.75, 3.05) is 0 Å².